The summed E-state index contributed by atoms with van der Waals surface area (Å²) in [4.78, 5) is 23.8. The Morgan fingerprint density at radius 1 is 1.28 bits per heavy atom. The van der Waals surface area contributed by atoms with Gasteiger partial charge < -0.3 is 5.32 Å². The molecule has 2 N–H and O–H groups in total. The lowest BCUT2D eigenvalue weighted by Gasteiger charge is -2.13. The summed E-state index contributed by atoms with van der Waals surface area (Å²) in [5, 5.41) is 4.31. The van der Waals surface area contributed by atoms with E-state index >= 15 is 0 Å². The van der Waals surface area contributed by atoms with Crippen molar-refractivity contribution in [2.24, 2.45) is 0 Å². The van der Waals surface area contributed by atoms with E-state index in [2.05, 4.69) is 16.7 Å². The fourth-order valence-corrected chi connectivity index (χ4v) is 2.39. The lowest BCUT2D eigenvalue weighted by Crippen LogP contribution is -2.41. The molecule has 4 nitrogen and oxygen atoms in total. The van der Waals surface area contributed by atoms with Gasteiger partial charge in [-0.1, -0.05) is 17.7 Å². The summed E-state index contributed by atoms with van der Waals surface area (Å²) in [6, 6.07) is 5.61. The number of rotatable bonds is 3. The molecule has 0 aliphatic rings. The largest absolute Gasteiger partial charge is 0.341 e. The SMILES string of the molecule is CNC(=O)NC(=O)[C@@H](C)Sc1ccc(C)cc1C. The van der Waals surface area contributed by atoms with Gasteiger partial charge in [-0.3, -0.25) is 10.1 Å². The molecule has 1 rings (SSSR count). The Kier molecular flexibility index (Phi) is 5.22. The van der Waals surface area contributed by atoms with Crippen LogP contribution in [-0.4, -0.2) is 24.2 Å². The van der Waals surface area contributed by atoms with E-state index in [0.29, 0.717) is 0 Å². The maximum absolute atomic E-state index is 11.7. The molecule has 0 saturated carbocycles. The molecule has 0 aromatic heterocycles. The van der Waals surface area contributed by atoms with Crippen molar-refractivity contribution in [3.63, 3.8) is 0 Å². The molecule has 0 spiro atoms. The van der Waals surface area contributed by atoms with Gasteiger partial charge in [0.2, 0.25) is 5.91 Å². The normalized spacial score (nSPS) is 11.8. The molecule has 3 amide bonds. The van der Waals surface area contributed by atoms with E-state index in [-0.39, 0.29) is 11.2 Å². The van der Waals surface area contributed by atoms with Crippen LogP contribution in [0.3, 0.4) is 0 Å². The van der Waals surface area contributed by atoms with Gasteiger partial charge in [-0.2, -0.15) is 0 Å². The fraction of sp³-hybridized carbons (Fsp3) is 0.385. The Labute approximate surface area is 112 Å². The van der Waals surface area contributed by atoms with Crippen molar-refractivity contribution in [2.45, 2.75) is 30.9 Å². The van der Waals surface area contributed by atoms with Crippen LogP contribution in [0.15, 0.2) is 23.1 Å². The number of carbonyl (C=O) groups is 2. The monoisotopic (exact) mass is 266 g/mol. The quantitative estimate of drug-likeness (QED) is 0.825. The van der Waals surface area contributed by atoms with Crippen LogP contribution in [-0.2, 0) is 4.79 Å². The van der Waals surface area contributed by atoms with Gasteiger partial charge in [0.15, 0.2) is 0 Å². The number of hydrogen-bond acceptors (Lipinski definition) is 3. The summed E-state index contributed by atoms with van der Waals surface area (Å²) >= 11 is 1.45. The van der Waals surface area contributed by atoms with E-state index in [1.165, 1.54) is 24.4 Å². The molecular weight excluding hydrogens is 248 g/mol. The maximum atomic E-state index is 11.7. The summed E-state index contributed by atoms with van der Waals surface area (Å²) < 4.78 is 0. The summed E-state index contributed by atoms with van der Waals surface area (Å²) in [5.74, 6) is -0.292. The summed E-state index contributed by atoms with van der Waals surface area (Å²) in [7, 11) is 1.48. The van der Waals surface area contributed by atoms with Gasteiger partial charge in [0, 0.05) is 11.9 Å². The Morgan fingerprint density at radius 2 is 1.94 bits per heavy atom. The van der Waals surface area contributed by atoms with Crippen molar-refractivity contribution in [1.82, 2.24) is 10.6 Å². The molecule has 0 fully saturated rings. The minimum atomic E-state index is -0.479. The molecule has 0 heterocycles. The molecule has 98 valence electrons. The van der Waals surface area contributed by atoms with Crippen LogP contribution in [0.2, 0.25) is 0 Å². The standard InChI is InChI=1S/C13H18N2O2S/c1-8-5-6-11(9(2)7-8)18-10(3)12(16)15-13(17)14-4/h5-7,10H,1-4H3,(H2,14,15,16,17)/t10-/m1/s1. The predicted octanol–water partition coefficient (Wildman–Crippen LogP) is 2.24. The number of nitrogens with one attached hydrogen (secondary N) is 2. The minimum Gasteiger partial charge on any atom is -0.341 e. The Balaban J connectivity index is 2.66. The molecule has 1 aromatic carbocycles. The van der Waals surface area contributed by atoms with E-state index in [1.54, 1.807) is 6.92 Å². The molecule has 18 heavy (non-hydrogen) atoms. The average Bonchev–Trinajstić information content (AvgIpc) is 2.32. The van der Waals surface area contributed by atoms with Crippen molar-refractivity contribution in [1.29, 1.82) is 0 Å². The summed E-state index contributed by atoms with van der Waals surface area (Å²) in [6.45, 7) is 5.82. The third kappa shape index (κ3) is 4.07. The fourth-order valence-electron chi connectivity index (χ4n) is 1.45. The number of hydrogen-bond donors (Lipinski definition) is 2. The first-order chi connectivity index (χ1) is 8.43. The molecule has 5 heteroatoms. The van der Waals surface area contributed by atoms with Gasteiger partial charge in [-0.15, -0.1) is 11.8 Å². The molecule has 1 aromatic rings. The first-order valence-corrected chi connectivity index (χ1v) is 6.58. The number of urea groups is 1. The molecule has 1 atom stereocenters. The number of amides is 3. The number of thioether (sulfide) groups is 1. The lowest BCUT2D eigenvalue weighted by atomic mass is 10.2. The summed E-state index contributed by atoms with van der Waals surface area (Å²) in [6.07, 6.45) is 0. The van der Waals surface area contributed by atoms with Crippen LogP contribution < -0.4 is 10.6 Å². The van der Waals surface area contributed by atoms with Crippen LogP contribution in [0.1, 0.15) is 18.1 Å². The highest BCUT2D eigenvalue weighted by atomic mass is 32.2. The van der Waals surface area contributed by atoms with E-state index in [4.69, 9.17) is 0 Å². The highest BCUT2D eigenvalue weighted by Gasteiger charge is 2.17. The first-order valence-electron chi connectivity index (χ1n) is 5.70. The van der Waals surface area contributed by atoms with E-state index in [1.807, 2.05) is 26.0 Å². The van der Waals surface area contributed by atoms with Crippen molar-refractivity contribution in [3.05, 3.63) is 29.3 Å². The minimum absolute atomic E-state index is 0.292. The third-order valence-electron chi connectivity index (χ3n) is 2.47. The molecule has 0 saturated heterocycles. The second-order valence-electron chi connectivity index (χ2n) is 4.10. The van der Waals surface area contributed by atoms with Gasteiger partial charge >= 0.3 is 6.03 Å². The zero-order chi connectivity index (χ0) is 13.7. The average molecular weight is 266 g/mol. The van der Waals surface area contributed by atoms with Crippen molar-refractivity contribution < 1.29 is 9.59 Å². The van der Waals surface area contributed by atoms with Gasteiger partial charge in [0.1, 0.15) is 0 Å². The molecular formula is C13H18N2O2S. The van der Waals surface area contributed by atoms with E-state index in [9.17, 15) is 9.59 Å². The van der Waals surface area contributed by atoms with Gasteiger partial charge in [-0.25, -0.2) is 4.79 Å². The van der Waals surface area contributed by atoms with Gasteiger partial charge in [0.05, 0.1) is 5.25 Å². The van der Waals surface area contributed by atoms with Crippen molar-refractivity contribution in [3.8, 4) is 0 Å². The Morgan fingerprint density at radius 3 is 2.50 bits per heavy atom. The second-order valence-corrected chi connectivity index (χ2v) is 5.48. The third-order valence-corrected chi connectivity index (χ3v) is 3.75. The number of aryl methyl sites for hydroxylation is 2. The molecule has 0 radical (unpaired) electrons. The van der Waals surface area contributed by atoms with E-state index in [0.717, 1.165) is 10.5 Å². The van der Waals surface area contributed by atoms with Gasteiger partial charge in [0.25, 0.3) is 0 Å². The van der Waals surface area contributed by atoms with Crippen LogP contribution in [0.5, 0.6) is 0 Å². The predicted molar refractivity (Wildman–Crippen MR) is 73.8 cm³/mol. The maximum Gasteiger partial charge on any atom is 0.321 e. The highest BCUT2D eigenvalue weighted by Crippen LogP contribution is 2.27. The van der Waals surface area contributed by atoms with Crippen LogP contribution >= 0.6 is 11.8 Å². The zero-order valence-electron chi connectivity index (χ0n) is 11.0. The smallest absolute Gasteiger partial charge is 0.321 e. The second kappa shape index (κ2) is 6.44. The molecule has 0 aliphatic heterocycles. The zero-order valence-corrected chi connectivity index (χ0v) is 11.9. The molecule has 0 unspecified atom stereocenters. The Bertz CT molecular complexity index is 460. The van der Waals surface area contributed by atoms with Gasteiger partial charge in [-0.05, 0) is 32.4 Å². The number of carbonyl (C=O) groups excluding carboxylic acids is 2. The lowest BCUT2D eigenvalue weighted by molar-refractivity contribution is -0.119. The van der Waals surface area contributed by atoms with Crippen molar-refractivity contribution >= 4 is 23.7 Å². The van der Waals surface area contributed by atoms with Crippen LogP contribution in [0.4, 0.5) is 4.79 Å². The summed E-state index contributed by atoms with van der Waals surface area (Å²) in [5.41, 5.74) is 2.33. The number of imide groups is 1. The molecule has 0 bridgehead atoms. The van der Waals surface area contributed by atoms with Crippen LogP contribution in [0, 0.1) is 13.8 Å². The number of benzene rings is 1. The van der Waals surface area contributed by atoms with E-state index < -0.39 is 6.03 Å². The molecule has 0 aliphatic carbocycles. The van der Waals surface area contributed by atoms with Crippen LogP contribution in [0.25, 0.3) is 0 Å². The Hall–Kier alpha value is -1.49. The first kappa shape index (κ1) is 14.6. The highest BCUT2D eigenvalue weighted by molar-refractivity contribution is 8.00. The van der Waals surface area contributed by atoms with Crippen molar-refractivity contribution in [2.75, 3.05) is 7.05 Å². The topological polar surface area (TPSA) is 58.2 Å².